The normalized spacial score (nSPS) is 15.6. The highest BCUT2D eigenvalue weighted by molar-refractivity contribution is 5.90. The third-order valence-electron chi connectivity index (χ3n) is 1.34. The van der Waals surface area contributed by atoms with E-state index in [1.165, 1.54) is 6.08 Å². The van der Waals surface area contributed by atoms with Gasteiger partial charge in [0.1, 0.15) is 5.76 Å². The van der Waals surface area contributed by atoms with Crippen molar-refractivity contribution in [1.82, 2.24) is 5.32 Å². The smallest absolute Gasteiger partial charge is 0.247 e. The first-order chi connectivity index (χ1) is 5.33. The Bertz CT molecular complexity index is 196. The number of hydrogen-bond donors (Lipinski definition) is 1. The van der Waals surface area contributed by atoms with Crippen molar-refractivity contribution in [3.8, 4) is 0 Å². The number of carbonyl (C=O) groups excluding carboxylic acids is 1. The summed E-state index contributed by atoms with van der Waals surface area (Å²) in [5.74, 6) is 0.649. The summed E-state index contributed by atoms with van der Waals surface area (Å²) in [7, 11) is 0. The molecule has 1 rings (SSSR count). The van der Waals surface area contributed by atoms with Crippen molar-refractivity contribution in [2.75, 3.05) is 13.2 Å². The van der Waals surface area contributed by atoms with Crippen molar-refractivity contribution >= 4 is 5.91 Å². The fourth-order valence-electron chi connectivity index (χ4n) is 0.789. The van der Waals surface area contributed by atoms with Gasteiger partial charge in [-0.25, -0.2) is 0 Å². The summed E-state index contributed by atoms with van der Waals surface area (Å²) in [6.45, 7) is 4.68. The summed E-state index contributed by atoms with van der Waals surface area (Å²) in [5, 5.41) is 2.61. The molecular formula is C8H11NO2. The first-order valence-corrected chi connectivity index (χ1v) is 3.55. The van der Waals surface area contributed by atoms with E-state index in [4.69, 9.17) is 4.74 Å². The van der Waals surface area contributed by atoms with Crippen LogP contribution in [0.5, 0.6) is 0 Å². The Labute approximate surface area is 65.7 Å². The van der Waals surface area contributed by atoms with E-state index < -0.39 is 0 Å². The second-order valence-corrected chi connectivity index (χ2v) is 2.25. The Balaban J connectivity index is 2.21. The molecule has 60 valence electrons. The molecule has 3 nitrogen and oxygen atoms in total. The molecule has 3 heteroatoms. The maximum Gasteiger partial charge on any atom is 0.247 e. The third-order valence-corrected chi connectivity index (χ3v) is 1.34. The summed E-state index contributed by atoms with van der Waals surface area (Å²) in [6.07, 6.45) is 4.07. The van der Waals surface area contributed by atoms with Crippen LogP contribution in [-0.4, -0.2) is 19.1 Å². The lowest BCUT2D eigenvalue weighted by atomic mass is 10.4. The van der Waals surface area contributed by atoms with Gasteiger partial charge in [0.15, 0.2) is 0 Å². The van der Waals surface area contributed by atoms with E-state index in [9.17, 15) is 4.79 Å². The Morgan fingerprint density at radius 3 is 3.18 bits per heavy atom. The molecular weight excluding hydrogens is 142 g/mol. The molecule has 0 fully saturated rings. The molecule has 1 N–H and O–H groups in total. The number of rotatable bonds is 4. The summed E-state index contributed by atoms with van der Waals surface area (Å²) in [4.78, 5) is 10.6. The van der Waals surface area contributed by atoms with Gasteiger partial charge in [0.05, 0.1) is 13.2 Å². The predicted octanol–water partition coefficient (Wildman–Crippen LogP) is 0.593. The molecule has 0 spiro atoms. The van der Waals surface area contributed by atoms with Crippen LogP contribution in [0.25, 0.3) is 0 Å². The van der Waals surface area contributed by atoms with E-state index in [2.05, 4.69) is 11.9 Å². The molecule has 1 heterocycles. The molecule has 0 saturated carbocycles. The van der Waals surface area contributed by atoms with Crippen LogP contribution in [0, 0.1) is 0 Å². The van der Waals surface area contributed by atoms with Crippen LogP contribution < -0.4 is 5.32 Å². The molecule has 0 aromatic heterocycles. The third kappa shape index (κ3) is 2.45. The predicted molar refractivity (Wildman–Crippen MR) is 41.9 cm³/mol. The lowest BCUT2D eigenvalue weighted by molar-refractivity contribution is -0.115. The monoisotopic (exact) mass is 153 g/mol. The zero-order valence-electron chi connectivity index (χ0n) is 6.30. The maximum atomic E-state index is 10.6. The summed E-state index contributed by atoms with van der Waals surface area (Å²) >= 11 is 0. The van der Waals surface area contributed by atoms with E-state index in [1.807, 2.05) is 0 Å². The van der Waals surface area contributed by atoms with Gasteiger partial charge in [-0.3, -0.25) is 4.79 Å². The topological polar surface area (TPSA) is 38.3 Å². The van der Waals surface area contributed by atoms with Crippen LogP contribution in [0.1, 0.15) is 6.42 Å². The van der Waals surface area contributed by atoms with Crippen LogP contribution in [0.15, 0.2) is 24.5 Å². The van der Waals surface area contributed by atoms with Crippen molar-refractivity contribution in [2.24, 2.45) is 0 Å². The lowest BCUT2D eigenvalue weighted by Gasteiger charge is -2.02. The van der Waals surface area contributed by atoms with E-state index in [1.54, 1.807) is 6.08 Å². The fraction of sp³-hybridized carbons (Fsp3) is 0.375. The SMILES string of the molecule is C=CCCOC1=CC(=O)NC1. The van der Waals surface area contributed by atoms with Crippen LogP contribution in [0.2, 0.25) is 0 Å². The highest BCUT2D eigenvalue weighted by Gasteiger charge is 2.10. The molecule has 0 radical (unpaired) electrons. The van der Waals surface area contributed by atoms with Crippen LogP contribution in [0.3, 0.4) is 0 Å². The zero-order valence-corrected chi connectivity index (χ0v) is 6.30. The molecule has 11 heavy (non-hydrogen) atoms. The van der Waals surface area contributed by atoms with Gasteiger partial charge < -0.3 is 10.1 Å². The first kappa shape index (κ1) is 7.85. The number of nitrogens with one attached hydrogen (secondary N) is 1. The van der Waals surface area contributed by atoms with Crippen LogP contribution in [-0.2, 0) is 9.53 Å². The summed E-state index contributed by atoms with van der Waals surface area (Å²) < 4.78 is 5.22. The molecule has 0 bridgehead atoms. The lowest BCUT2D eigenvalue weighted by Crippen LogP contribution is -2.15. The molecule has 1 aliphatic heterocycles. The van der Waals surface area contributed by atoms with Crippen molar-refractivity contribution < 1.29 is 9.53 Å². The van der Waals surface area contributed by atoms with Crippen molar-refractivity contribution in [1.29, 1.82) is 0 Å². The zero-order chi connectivity index (χ0) is 8.10. The second kappa shape index (κ2) is 3.81. The number of hydrogen-bond acceptors (Lipinski definition) is 2. The minimum Gasteiger partial charge on any atom is -0.496 e. The molecule has 0 aliphatic carbocycles. The van der Waals surface area contributed by atoms with Gasteiger partial charge in [-0.2, -0.15) is 0 Å². The van der Waals surface area contributed by atoms with Crippen molar-refractivity contribution in [2.45, 2.75) is 6.42 Å². The Kier molecular flexibility index (Phi) is 2.72. The van der Waals surface area contributed by atoms with Gasteiger partial charge in [0.25, 0.3) is 0 Å². The molecule has 0 unspecified atom stereocenters. The molecule has 1 aliphatic rings. The van der Waals surface area contributed by atoms with Gasteiger partial charge in [-0.05, 0) is 6.42 Å². The quantitative estimate of drug-likeness (QED) is 0.474. The first-order valence-electron chi connectivity index (χ1n) is 3.55. The standard InChI is InChI=1S/C8H11NO2/c1-2-3-4-11-7-5-8(10)9-6-7/h2,5H,1,3-4,6H2,(H,9,10). The number of ether oxygens (including phenoxy) is 1. The van der Waals surface area contributed by atoms with E-state index in [0.717, 1.165) is 12.2 Å². The highest BCUT2D eigenvalue weighted by atomic mass is 16.5. The van der Waals surface area contributed by atoms with E-state index in [0.29, 0.717) is 13.2 Å². The Hall–Kier alpha value is -1.25. The average Bonchev–Trinajstić information content (AvgIpc) is 2.37. The Morgan fingerprint density at radius 1 is 1.82 bits per heavy atom. The van der Waals surface area contributed by atoms with Gasteiger partial charge in [0, 0.05) is 6.08 Å². The van der Waals surface area contributed by atoms with E-state index >= 15 is 0 Å². The summed E-state index contributed by atoms with van der Waals surface area (Å²) in [5.41, 5.74) is 0. The number of amides is 1. The summed E-state index contributed by atoms with van der Waals surface area (Å²) in [6, 6.07) is 0. The molecule has 0 saturated heterocycles. The van der Waals surface area contributed by atoms with Crippen LogP contribution >= 0.6 is 0 Å². The molecule has 0 atom stereocenters. The minimum atomic E-state index is -0.0707. The highest BCUT2D eigenvalue weighted by Crippen LogP contribution is 2.02. The average molecular weight is 153 g/mol. The molecule has 1 amide bonds. The Morgan fingerprint density at radius 2 is 2.64 bits per heavy atom. The number of carbonyl (C=O) groups is 1. The van der Waals surface area contributed by atoms with Crippen molar-refractivity contribution in [3.63, 3.8) is 0 Å². The second-order valence-electron chi connectivity index (χ2n) is 2.25. The van der Waals surface area contributed by atoms with Gasteiger partial charge >= 0.3 is 0 Å². The van der Waals surface area contributed by atoms with E-state index in [-0.39, 0.29) is 5.91 Å². The largest absolute Gasteiger partial charge is 0.496 e. The van der Waals surface area contributed by atoms with Crippen LogP contribution in [0.4, 0.5) is 0 Å². The minimum absolute atomic E-state index is 0.0707. The fourth-order valence-corrected chi connectivity index (χ4v) is 0.789. The van der Waals surface area contributed by atoms with Gasteiger partial charge in [-0.1, -0.05) is 6.08 Å². The molecule has 0 aromatic rings. The van der Waals surface area contributed by atoms with Crippen molar-refractivity contribution in [3.05, 3.63) is 24.5 Å². The van der Waals surface area contributed by atoms with Gasteiger partial charge in [0.2, 0.25) is 5.91 Å². The maximum absolute atomic E-state index is 10.6. The van der Waals surface area contributed by atoms with Gasteiger partial charge in [-0.15, -0.1) is 6.58 Å². The molecule has 0 aromatic carbocycles.